The number of nitrogens with one attached hydrogen (secondary N) is 1. The lowest BCUT2D eigenvalue weighted by Gasteiger charge is -2.03. The highest BCUT2D eigenvalue weighted by molar-refractivity contribution is 5.40. The van der Waals surface area contributed by atoms with Crippen molar-refractivity contribution in [2.45, 2.75) is 0 Å². The van der Waals surface area contributed by atoms with E-state index in [1.54, 1.807) is 13.2 Å². The van der Waals surface area contributed by atoms with Gasteiger partial charge >= 0.3 is 0 Å². The van der Waals surface area contributed by atoms with Crippen molar-refractivity contribution in [1.29, 1.82) is 0 Å². The molecule has 0 bridgehead atoms. The molecule has 0 aliphatic heterocycles. The van der Waals surface area contributed by atoms with E-state index in [1.807, 2.05) is 0 Å². The van der Waals surface area contributed by atoms with E-state index in [1.165, 1.54) is 12.3 Å². The van der Waals surface area contributed by atoms with Gasteiger partial charge in [-0.15, -0.1) is 0 Å². The van der Waals surface area contributed by atoms with Gasteiger partial charge in [0.05, 0.1) is 6.61 Å². The quantitative estimate of drug-likeness (QED) is 0.546. The van der Waals surface area contributed by atoms with Gasteiger partial charge in [0.25, 0.3) is 0 Å². The van der Waals surface area contributed by atoms with Gasteiger partial charge in [0.1, 0.15) is 0 Å². The molecule has 66 valence electrons. The molecule has 0 unspecified atom stereocenters. The predicted octanol–water partition coefficient (Wildman–Crippen LogP) is 1.28. The van der Waals surface area contributed by atoms with Gasteiger partial charge in [0, 0.05) is 31.6 Å². The van der Waals surface area contributed by atoms with Crippen LogP contribution in [-0.2, 0) is 4.74 Å². The summed E-state index contributed by atoms with van der Waals surface area (Å²) in [7, 11) is 1.62. The van der Waals surface area contributed by atoms with E-state index in [9.17, 15) is 4.39 Å². The molecule has 0 fully saturated rings. The first-order valence-corrected chi connectivity index (χ1v) is 3.67. The van der Waals surface area contributed by atoms with Gasteiger partial charge in [-0.1, -0.05) is 0 Å². The molecule has 0 aliphatic carbocycles. The van der Waals surface area contributed by atoms with E-state index in [0.29, 0.717) is 13.2 Å². The number of nitrogens with zero attached hydrogens (tertiary/aromatic N) is 1. The number of anilines is 1. The molecule has 1 rings (SSSR count). The lowest BCUT2D eigenvalue weighted by Crippen LogP contribution is -2.07. The number of pyridine rings is 1. The molecule has 0 saturated carbocycles. The predicted molar refractivity (Wildman–Crippen MR) is 44.6 cm³/mol. The Bertz CT molecular complexity index is 242. The molecule has 0 radical (unpaired) electrons. The van der Waals surface area contributed by atoms with Gasteiger partial charge < -0.3 is 10.1 Å². The monoisotopic (exact) mass is 170 g/mol. The summed E-state index contributed by atoms with van der Waals surface area (Å²) in [4.78, 5) is 3.43. The van der Waals surface area contributed by atoms with E-state index >= 15 is 0 Å². The molecule has 0 amide bonds. The van der Waals surface area contributed by atoms with Crippen molar-refractivity contribution >= 4 is 5.69 Å². The summed E-state index contributed by atoms with van der Waals surface area (Å²) >= 11 is 0. The fourth-order valence-corrected chi connectivity index (χ4v) is 0.810. The molecule has 4 heteroatoms. The fraction of sp³-hybridized carbons (Fsp3) is 0.375. The van der Waals surface area contributed by atoms with Gasteiger partial charge in [0.15, 0.2) is 0 Å². The third kappa shape index (κ3) is 2.84. The number of rotatable bonds is 4. The fourth-order valence-electron chi connectivity index (χ4n) is 0.810. The Labute approximate surface area is 70.6 Å². The van der Waals surface area contributed by atoms with Crippen LogP contribution in [0.1, 0.15) is 0 Å². The lowest BCUT2D eigenvalue weighted by atomic mass is 10.4. The van der Waals surface area contributed by atoms with E-state index in [-0.39, 0.29) is 0 Å². The number of hydrogen-bond acceptors (Lipinski definition) is 3. The van der Waals surface area contributed by atoms with Crippen molar-refractivity contribution in [3.63, 3.8) is 0 Å². The average molecular weight is 170 g/mol. The highest BCUT2D eigenvalue weighted by Gasteiger charge is 1.93. The number of halogens is 1. The second-order valence-corrected chi connectivity index (χ2v) is 2.29. The highest BCUT2D eigenvalue weighted by atomic mass is 19.1. The molecule has 12 heavy (non-hydrogen) atoms. The Morgan fingerprint density at radius 1 is 1.67 bits per heavy atom. The van der Waals surface area contributed by atoms with Gasteiger partial charge in [-0.2, -0.15) is 4.39 Å². The maximum absolute atomic E-state index is 12.5. The molecule has 0 saturated heterocycles. The number of ether oxygens (including phenoxy) is 1. The van der Waals surface area contributed by atoms with Crippen LogP contribution in [0.2, 0.25) is 0 Å². The molecule has 0 atom stereocenters. The minimum absolute atomic E-state index is 0.475. The van der Waals surface area contributed by atoms with E-state index < -0.39 is 5.95 Å². The highest BCUT2D eigenvalue weighted by Crippen LogP contribution is 2.05. The topological polar surface area (TPSA) is 34.1 Å². The van der Waals surface area contributed by atoms with E-state index in [0.717, 1.165) is 5.69 Å². The first-order chi connectivity index (χ1) is 5.83. The minimum Gasteiger partial charge on any atom is -0.383 e. The third-order valence-electron chi connectivity index (χ3n) is 1.36. The van der Waals surface area contributed by atoms with Crippen molar-refractivity contribution in [3.8, 4) is 0 Å². The Balaban J connectivity index is 2.41. The molecule has 1 heterocycles. The molecule has 0 aromatic carbocycles. The maximum Gasteiger partial charge on any atom is 0.214 e. The van der Waals surface area contributed by atoms with Gasteiger partial charge in [-0.25, -0.2) is 4.98 Å². The first kappa shape index (κ1) is 8.93. The van der Waals surface area contributed by atoms with Crippen LogP contribution in [0.15, 0.2) is 18.3 Å². The minimum atomic E-state index is -0.475. The first-order valence-electron chi connectivity index (χ1n) is 3.67. The molecule has 0 spiro atoms. The van der Waals surface area contributed by atoms with Crippen molar-refractivity contribution < 1.29 is 9.13 Å². The number of hydrogen-bond donors (Lipinski definition) is 1. The third-order valence-corrected chi connectivity index (χ3v) is 1.36. The summed E-state index contributed by atoms with van der Waals surface area (Å²) in [6.07, 6.45) is 1.42. The van der Waals surface area contributed by atoms with Crippen LogP contribution < -0.4 is 5.32 Å². The van der Waals surface area contributed by atoms with Crippen LogP contribution in [0.25, 0.3) is 0 Å². The average Bonchev–Trinajstić information content (AvgIpc) is 2.05. The summed E-state index contributed by atoms with van der Waals surface area (Å²) < 4.78 is 17.3. The lowest BCUT2D eigenvalue weighted by molar-refractivity contribution is 0.211. The van der Waals surface area contributed by atoms with E-state index in [4.69, 9.17) is 4.74 Å². The molecule has 1 aromatic heterocycles. The number of aromatic nitrogens is 1. The Kier molecular flexibility index (Phi) is 3.47. The summed E-state index contributed by atoms with van der Waals surface area (Å²) in [6.45, 7) is 1.27. The Morgan fingerprint density at radius 2 is 2.50 bits per heavy atom. The Morgan fingerprint density at radius 3 is 3.17 bits per heavy atom. The molecule has 0 aliphatic rings. The van der Waals surface area contributed by atoms with Crippen molar-refractivity contribution in [2.75, 3.05) is 25.6 Å². The molecule has 3 nitrogen and oxygen atoms in total. The smallest absolute Gasteiger partial charge is 0.214 e. The van der Waals surface area contributed by atoms with Crippen LogP contribution in [0.5, 0.6) is 0 Å². The molecular formula is C8H11FN2O. The van der Waals surface area contributed by atoms with Gasteiger partial charge in [-0.05, 0) is 6.07 Å². The molecule has 1 aromatic rings. The number of methoxy groups -OCH3 is 1. The van der Waals surface area contributed by atoms with E-state index in [2.05, 4.69) is 10.3 Å². The largest absolute Gasteiger partial charge is 0.383 e. The summed E-state index contributed by atoms with van der Waals surface area (Å²) in [6, 6.07) is 3.05. The van der Waals surface area contributed by atoms with Crippen LogP contribution in [-0.4, -0.2) is 25.2 Å². The SMILES string of the molecule is COCCNc1ccnc(F)c1. The Hall–Kier alpha value is -1.16. The zero-order chi connectivity index (χ0) is 8.81. The summed E-state index contributed by atoms with van der Waals surface area (Å²) in [5, 5.41) is 2.98. The maximum atomic E-state index is 12.5. The zero-order valence-electron chi connectivity index (χ0n) is 6.88. The standard InChI is InChI=1S/C8H11FN2O/c1-12-5-4-10-7-2-3-11-8(9)6-7/h2-3,6H,4-5H2,1H3,(H,10,11). The second-order valence-electron chi connectivity index (χ2n) is 2.29. The summed E-state index contributed by atoms with van der Waals surface area (Å²) in [5.41, 5.74) is 0.722. The zero-order valence-corrected chi connectivity index (χ0v) is 6.88. The second kappa shape index (κ2) is 4.66. The normalized spacial score (nSPS) is 9.83. The van der Waals surface area contributed by atoms with Crippen LogP contribution >= 0.6 is 0 Å². The van der Waals surface area contributed by atoms with Gasteiger partial charge in [0.2, 0.25) is 5.95 Å². The molecular weight excluding hydrogens is 159 g/mol. The van der Waals surface area contributed by atoms with Crippen LogP contribution in [0.4, 0.5) is 10.1 Å². The van der Waals surface area contributed by atoms with Crippen molar-refractivity contribution in [2.24, 2.45) is 0 Å². The van der Waals surface area contributed by atoms with Crippen molar-refractivity contribution in [3.05, 3.63) is 24.3 Å². The van der Waals surface area contributed by atoms with Gasteiger partial charge in [-0.3, -0.25) is 0 Å². The summed E-state index contributed by atoms with van der Waals surface area (Å²) in [5.74, 6) is -0.475. The van der Waals surface area contributed by atoms with Crippen molar-refractivity contribution in [1.82, 2.24) is 4.98 Å². The molecule has 1 N–H and O–H groups in total. The van der Waals surface area contributed by atoms with Crippen LogP contribution in [0.3, 0.4) is 0 Å². The van der Waals surface area contributed by atoms with Crippen LogP contribution in [0, 0.1) is 5.95 Å².